The van der Waals surface area contributed by atoms with Crippen LogP contribution in [0.5, 0.6) is 0 Å². The summed E-state index contributed by atoms with van der Waals surface area (Å²) in [5.74, 6) is 1.37. The second-order valence-electron chi connectivity index (χ2n) is 13.0. The number of fused-ring (bicyclic) bond motifs is 2. The maximum atomic E-state index is 13.6. The summed E-state index contributed by atoms with van der Waals surface area (Å²) >= 11 is 0. The molecular weight excluding hydrogens is 430 g/mol. The van der Waals surface area contributed by atoms with Crippen molar-refractivity contribution < 1.29 is 23.8 Å². The first kappa shape index (κ1) is 25.9. The van der Waals surface area contributed by atoms with E-state index in [9.17, 15) is 9.59 Å². The first-order valence-corrected chi connectivity index (χ1v) is 13.8. The minimum atomic E-state index is -0.673. The standard InChI is InChI=1S/C28H47NO5/c1-27(2,3)26(31)34-24(18-10-6-7-11-18)25(30)29-22-17-19-16-21(28(19,4)5)20(22)13-15-33-23-12-8-9-14-32-23/h18-24H,6-17H2,1-5H3,(H,29,30)/t19-,20+,21+,22+,23?,24?/m1/s1. The van der Waals surface area contributed by atoms with Crippen molar-refractivity contribution in [2.45, 2.75) is 117 Å². The normalized spacial score (nSPS) is 34.2. The van der Waals surface area contributed by atoms with E-state index in [1.165, 1.54) is 12.8 Å². The number of ether oxygens (including phenoxy) is 3. The van der Waals surface area contributed by atoms with Crippen molar-refractivity contribution in [2.24, 2.45) is 34.5 Å². The number of rotatable bonds is 8. The highest BCUT2D eigenvalue weighted by Crippen LogP contribution is 2.62. The SMILES string of the molecule is CC(C)(C)C(=O)OC(C(=O)N[C@H]1C[C@H]2C[C@@H]([C@@H]1CCOC1CCCCO1)C2(C)C)C1CCCC1. The molecule has 0 radical (unpaired) electrons. The fraction of sp³-hybridized carbons (Fsp3) is 0.929. The van der Waals surface area contributed by atoms with Crippen molar-refractivity contribution in [1.82, 2.24) is 5.32 Å². The molecule has 5 fully saturated rings. The van der Waals surface area contributed by atoms with E-state index in [0.717, 1.165) is 58.0 Å². The predicted molar refractivity (Wildman–Crippen MR) is 131 cm³/mol. The summed E-state index contributed by atoms with van der Waals surface area (Å²) in [5.41, 5.74) is -0.300. The van der Waals surface area contributed by atoms with Crippen LogP contribution < -0.4 is 5.32 Å². The molecule has 4 saturated carbocycles. The van der Waals surface area contributed by atoms with Crippen LogP contribution in [0, 0.1) is 34.5 Å². The van der Waals surface area contributed by atoms with Gasteiger partial charge < -0.3 is 19.5 Å². The largest absolute Gasteiger partial charge is 0.452 e. The van der Waals surface area contributed by atoms with Crippen LogP contribution in [0.25, 0.3) is 0 Å². The average molecular weight is 478 g/mol. The van der Waals surface area contributed by atoms with Crippen LogP contribution in [0.4, 0.5) is 0 Å². The third-order valence-electron chi connectivity index (χ3n) is 9.27. The highest BCUT2D eigenvalue weighted by molar-refractivity contribution is 5.85. The second kappa shape index (κ2) is 10.5. The molecule has 5 aliphatic rings. The van der Waals surface area contributed by atoms with Gasteiger partial charge in [0.15, 0.2) is 12.4 Å². The first-order chi connectivity index (χ1) is 16.1. The van der Waals surface area contributed by atoms with Gasteiger partial charge in [-0.3, -0.25) is 9.59 Å². The van der Waals surface area contributed by atoms with E-state index in [0.29, 0.717) is 29.8 Å². The number of nitrogens with one attached hydrogen (secondary N) is 1. The molecule has 1 aliphatic heterocycles. The lowest BCUT2D eigenvalue weighted by Gasteiger charge is -2.62. The summed E-state index contributed by atoms with van der Waals surface area (Å²) in [6.07, 6.45) is 9.82. The molecule has 1 N–H and O–H groups in total. The van der Waals surface area contributed by atoms with E-state index in [1.54, 1.807) is 0 Å². The van der Waals surface area contributed by atoms with Gasteiger partial charge in [-0.05, 0) is 95.3 Å². The predicted octanol–water partition coefficient (Wildman–Crippen LogP) is 5.23. The Balaban J connectivity index is 1.41. The van der Waals surface area contributed by atoms with Gasteiger partial charge in [-0.1, -0.05) is 26.7 Å². The van der Waals surface area contributed by atoms with Gasteiger partial charge in [0.1, 0.15) is 0 Å². The third kappa shape index (κ3) is 5.64. The lowest BCUT2D eigenvalue weighted by atomic mass is 9.44. The van der Waals surface area contributed by atoms with E-state index in [2.05, 4.69) is 19.2 Å². The van der Waals surface area contributed by atoms with Crippen LogP contribution in [0.15, 0.2) is 0 Å². The summed E-state index contributed by atoms with van der Waals surface area (Å²) < 4.78 is 17.7. The Hall–Kier alpha value is -1.14. The molecule has 6 nitrogen and oxygen atoms in total. The topological polar surface area (TPSA) is 73.9 Å². The van der Waals surface area contributed by atoms with Gasteiger partial charge in [-0.15, -0.1) is 0 Å². The maximum absolute atomic E-state index is 13.6. The van der Waals surface area contributed by atoms with Crippen LogP contribution in [-0.2, 0) is 23.8 Å². The van der Waals surface area contributed by atoms with Gasteiger partial charge in [0.25, 0.3) is 5.91 Å². The van der Waals surface area contributed by atoms with Gasteiger partial charge in [-0.2, -0.15) is 0 Å². The molecule has 2 unspecified atom stereocenters. The molecule has 1 saturated heterocycles. The highest BCUT2D eigenvalue weighted by atomic mass is 16.7. The molecule has 4 aliphatic carbocycles. The minimum Gasteiger partial charge on any atom is -0.452 e. The molecule has 5 rings (SSSR count). The van der Waals surface area contributed by atoms with Gasteiger partial charge in [-0.25, -0.2) is 0 Å². The lowest BCUT2D eigenvalue weighted by Crippen LogP contribution is -2.62. The van der Waals surface area contributed by atoms with E-state index in [4.69, 9.17) is 14.2 Å². The number of amides is 1. The van der Waals surface area contributed by atoms with E-state index < -0.39 is 11.5 Å². The highest BCUT2D eigenvalue weighted by Gasteiger charge is 2.58. The molecule has 1 heterocycles. The molecule has 2 bridgehead atoms. The number of esters is 1. The van der Waals surface area contributed by atoms with Crippen molar-refractivity contribution in [2.75, 3.05) is 13.2 Å². The van der Waals surface area contributed by atoms with Gasteiger partial charge >= 0.3 is 5.97 Å². The van der Waals surface area contributed by atoms with Crippen molar-refractivity contribution in [1.29, 1.82) is 0 Å². The summed E-state index contributed by atoms with van der Waals surface area (Å²) in [4.78, 5) is 26.3. The molecule has 0 aromatic carbocycles. The van der Waals surface area contributed by atoms with Crippen molar-refractivity contribution in [3.8, 4) is 0 Å². The number of carbonyl (C=O) groups excluding carboxylic acids is 2. The third-order valence-corrected chi connectivity index (χ3v) is 9.27. The van der Waals surface area contributed by atoms with Crippen LogP contribution in [0.2, 0.25) is 0 Å². The molecular formula is C28H47NO5. The zero-order chi connectivity index (χ0) is 24.5. The summed E-state index contributed by atoms with van der Waals surface area (Å²) in [5, 5.41) is 3.39. The fourth-order valence-corrected chi connectivity index (χ4v) is 6.87. The second-order valence-corrected chi connectivity index (χ2v) is 13.0. The van der Waals surface area contributed by atoms with E-state index >= 15 is 0 Å². The number of hydrogen-bond donors (Lipinski definition) is 1. The Bertz CT molecular complexity index is 717. The Morgan fingerprint density at radius 1 is 1.06 bits per heavy atom. The Labute approximate surface area is 206 Å². The van der Waals surface area contributed by atoms with Gasteiger partial charge in [0.05, 0.1) is 12.0 Å². The summed E-state index contributed by atoms with van der Waals surface area (Å²) in [7, 11) is 0. The van der Waals surface area contributed by atoms with Crippen LogP contribution >= 0.6 is 0 Å². The molecule has 1 amide bonds. The quantitative estimate of drug-likeness (QED) is 0.484. The first-order valence-electron chi connectivity index (χ1n) is 13.8. The zero-order valence-electron chi connectivity index (χ0n) is 22.1. The van der Waals surface area contributed by atoms with Crippen molar-refractivity contribution >= 4 is 11.9 Å². The zero-order valence-corrected chi connectivity index (χ0v) is 22.1. The van der Waals surface area contributed by atoms with Crippen LogP contribution in [-0.4, -0.2) is 43.5 Å². The molecule has 6 atom stereocenters. The fourth-order valence-electron chi connectivity index (χ4n) is 6.87. The Kier molecular flexibility index (Phi) is 7.98. The van der Waals surface area contributed by atoms with Crippen molar-refractivity contribution in [3.05, 3.63) is 0 Å². The Morgan fingerprint density at radius 2 is 1.76 bits per heavy atom. The molecule has 0 aromatic heterocycles. The molecule has 34 heavy (non-hydrogen) atoms. The summed E-state index contributed by atoms with van der Waals surface area (Å²) in [6, 6.07) is 0.123. The molecule has 6 heteroatoms. The smallest absolute Gasteiger partial charge is 0.312 e. The molecule has 0 aromatic rings. The van der Waals surface area contributed by atoms with Crippen LogP contribution in [0.1, 0.15) is 98.8 Å². The Morgan fingerprint density at radius 3 is 2.38 bits per heavy atom. The number of hydrogen-bond acceptors (Lipinski definition) is 5. The van der Waals surface area contributed by atoms with E-state index in [-0.39, 0.29) is 30.1 Å². The van der Waals surface area contributed by atoms with Crippen LogP contribution in [0.3, 0.4) is 0 Å². The van der Waals surface area contributed by atoms with E-state index in [1.807, 2.05) is 20.8 Å². The monoisotopic (exact) mass is 477 g/mol. The van der Waals surface area contributed by atoms with Gasteiger partial charge in [0, 0.05) is 18.6 Å². The lowest BCUT2D eigenvalue weighted by molar-refractivity contribution is -0.176. The number of carbonyl (C=O) groups is 2. The molecule has 0 spiro atoms. The average Bonchev–Trinajstić information content (AvgIpc) is 3.32. The minimum absolute atomic E-state index is 0.0731. The van der Waals surface area contributed by atoms with Gasteiger partial charge in [0.2, 0.25) is 0 Å². The molecule has 194 valence electrons. The summed E-state index contributed by atoms with van der Waals surface area (Å²) in [6.45, 7) is 11.8. The van der Waals surface area contributed by atoms with Crippen molar-refractivity contribution in [3.63, 3.8) is 0 Å². The maximum Gasteiger partial charge on any atom is 0.312 e.